The molecule has 0 saturated carbocycles. The highest BCUT2D eigenvalue weighted by Crippen LogP contribution is 2.43. The molecule has 5 atom stereocenters. The summed E-state index contributed by atoms with van der Waals surface area (Å²) in [6, 6.07) is 6.18. The molecule has 2 aromatic rings. The van der Waals surface area contributed by atoms with Gasteiger partial charge in [0.05, 0.1) is 49.3 Å². The van der Waals surface area contributed by atoms with Crippen LogP contribution in [-0.2, 0) is 12.8 Å². The number of hydrogen-bond acceptors (Lipinski definition) is 12. The molecule has 0 aliphatic carbocycles. The Balaban J connectivity index is 2.72. The Labute approximate surface area is 246 Å². The van der Waals surface area contributed by atoms with Gasteiger partial charge in [0.1, 0.15) is 29.5 Å². The van der Waals surface area contributed by atoms with Crippen molar-refractivity contribution in [2.75, 3.05) is 49.3 Å². The van der Waals surface area contributed by atoms with Gasteiger partial charge in [-0.1, -0.05) is 12.2 Å². The third-order valence-electron chi connectivity index (χ3n) is 7.20. The topological polar surface area (TPSA) is 177 Å². The average molecular weight is 597 g/mol. The van der Waals surface area contributed by atoms with Crippen LogP contribution in [0.3, 0.4) is 0 Å². The minimum atomic E-state index is -2.61. The Bertz CT molecular complexity index is 1130. The monoisotopic (exact) mass is 596 g/mol. The van der Waals surface area contributed by atoms with Crippen molar-refractivity contribution < 1.29 is 59.1 Å². The largest absolute Gasteiger partial charge is 0.493 e. The fraction of sp³-hybridized carbons (Fsp3) is 0.533. The first kappa shape index (κ1) is 34.9. The summed E-state index contributed by atoms with van der Waals surface area (Å²) in [5.74, 6) is 1.68. The molecular weight excluding hydrogens is 552 g/mol. The molecule has 0 bridgehead atoms. The van der Waals surface area contributed by atoms with Crippen LogP contribution in [0.25, 0.3) is 0 Å². The Morgan fingerprint density at radius 3 is 1.43 bits per heavy atom. The Morgan fingerprint density at radius 2 is 1.10 bits per heavy atom. The van der Waals surface area contributed by atoms with Crippen LogP contribution >= 0.6 is 0 Å². The van der Waals surface area contributed by atoms with E-state index in [1.54, 1.807) is 31.2 Å². The van der Waals surface area contributed by atoms with Crippen molar-refractivity contribution in [1.82, 2.24) is 0 Å². The zero-order chi connectivity index (χ0) is 31.7. The molecule has 0 heterocycles. The van der Waals surface area contributed by atoms with Crippen LogP contribution in [0.15, 0.2) is 36.4 Å². The second-order valence-electron chi connectivity index (χ2n) is 9.89. The van der Waals surface area contributed by atoms with Gasteiger partial charge in [0.2, 0.25) is 11.5 Å². The molecule has 0 aromatic heterocycles. The van der Waals surface area contributed by atoms with Crippen molar-refractivity contribution in [2.45, 2.75) is 55.7 Å². The summed E-state index contributed by atoms with van der Waals surface area (Å²) in [5.41, 5.74) is -3.98. The van der Waals surface area contributed by atoms with Crippen molar-refractivity contribution in [1.29, 1.82) is 0 Å². The zero-order valence-electron chi connectivity index (χ0n) is 25.2. The molecular formula is C30H44O12. The fourth-order valence-electron chi connectivity index (χ4n) is 5.02. The third kappa shape index (κ3) is 7.38. The first-order chi connectivity index (χ1) is 19.9. The number of aliphatic hydroxyl groups is 6. The fourth-order valence-corrected chi connectivity index (χ4v) is 5.02. The molecule has 0 amide bonds. The molecule has 2 aromatic carbocycles. The molecule has 0 radical (unpaired) electrons. The maximum Gasteiger partial charge on any atom is 0.203 e. The average Bonchev–Trinajstić information content (AvgIpc) is 3.01. The van der Waals surface area contributed by atoms with Crippen molar-refractivity contribution in [3.8, 4) is 34.5 Å². The minimum absolute atomic E-state index is 0.166. The van der Waals surface area contributed by atoms with Crippen molar-refractivity contribution >= 4 is 0 Å². The van der Waals surface area contributed by atoms with Crippen molar-refractivity contribution in [2.24, 2.45) is 0 Å². The molecule has 42 heavy (non-hydrogen) atoms. The number of allylic oxidation sites excluding steroid dienone is 1. The molecule has 12 nitrogen and oxygen atoms in total. The smallest absolute Gasteiger partial charge is 0.203 e. The van der Waals surface area contributed by atoms with Crippen molar-refractivity contribution in [3.05, 3.63) is 47.5 Å². The number of hydrogen-bond donors (Lipinski definition) is 6. The number of benzene rings is 2. The van der Waals surface area contributed by atoms with Crippen LogP contribution in [0.1, 0.15) is 24.5 Å². The Hall–Kier alpha value is -3.26. The summed E-state index contributed by atoms with van der Waals surface area (Å²) < 4.78 is 32.4. The van der Waals surface area contributed by atoms with Gasteiger partial charge in [0.15, 0.2) is 23.0 Å². The molecule has 12 heteroatoms. The molecule has 1 unspecified atom stereocenters. The van der Waals surface area contributed by atoms with E-state index in [2.05, 4.69) is 0 Å². The maximum absolute atomic E-state index is 12.0. The number of methoxy groups -OCH3 is 6. The predicted molar refractivity (Wildman–Crippen MR) is 154 cm³/mol. The van der Waals surface area contributed by atoms with E-state index in [0.29, 0.717) is 28.4 Å². The van der Waals surface area contributed by atoms with Crippen LogP contribution in [-0.4, -0.2) is 109 Å². The summed E-state index contributed by atoms with van der Waals surface area (Å²) >= 11 is 0. The lowest BCUT2D eigenvalue weighted by Gasteiger charge is -2.46. The molecule has 2 rings (SSSR count). The van der Waals surface area contributed by atoms with Crippen LogP contribution in [0.4, 0.5) is 0 Å². The van der Waals surface area contributed by atoms with Gasteiger partial charge in [-0.05, 0) is 48.7 Å². The predicted octanol–water partition coefficient (Wildman–Crippen LogP) is 1.03. The van der Waals surface area contributed by atoms with Crippen LogP contribution < -0.4 is 28.4 Å². The molecule has 0 saturated heterocycles. The summed E-state index contributed by atoms with van der Waals surface area (Å²) in [6.45, 7) is 0.796. The van der Waals surface area contributed by atoms with Gasteiger partial charge in [-0.25, -0.2) is 0 Å². The van der Waals surface area contributed by atoms with E-state index in [9.17, 15) is 30.6 Å². The van der Waals surface area contributed by atoms with Gasteiger partial charge in [-0.3, -0.25) is 0 Å². The number of rotatable bonds is 17. The molecule has 236 valence electrons. The maximum atomic E-state index is 12.0. The highest BCUT2D eigenvalue weighted by Gasteiger charge is 2.54. The van der Waals surface area contributed by atoms with Crippen LogP contribution in [0.5, 0.6) is 34.5 Å². The second-order valence-corrected chi connectivity index (χ2v) is 9.89. The minimum Gasteiger partial charge on any atom is -0.493 e. The Kier molecular flexibility index (Phi) is 12.7. The highest BCUT2D eigenvalue weighted by atomic mass is 16.5. The molecule has 6 N–H and O–H groups in total. The van der Waals surface area contributed by atoms with Gasteiger partial charge >= 0.3 is 0 Å². The van der Waals surface area contributed by atoms with E-state index in [0.717, 1.165) is 0 Å². The summed E-state index contributed by atoms with van der Waals surface area (Å²) in [4.78, 5) is 0. The zero-order valence-corrected chi connectivity index (χ0v) is 25.2. The Morgan fingerprint density at radius 1 is 0.690 bits per heavy atom. The molecule has 0 fully saturated rings. The standard InChI is InChI=1S/C30H44O12/c1-8-9-10-29(35,15-18-11-21(37-2)25(41-6)22(12-18)38-3)28(34)30(36,27(33)20(32)17-31)16-19-13-23(39-4)26(42-7)24(14-19)40-5/h8-9,11-14,20,27-28,31-36H,10,15-17H2,1-7H3/b9-8+/t20-,27+,28+,29?,30+/m0/s1. The van der Waals surface area contributed by atoms with Crippen LogP contribution in [0, 0.1) is 0 Å². The van der Waals surface area contributed by atoms with Gasteiger partial charge < -0.3 is 59.1 Å². The molecule has 0 aliphatic heterocycles. The van der Waals surface area contributed by atoms with Gasteiger partial charge in [-0.15, -0.1) is 0 Å². The van der Waals surface area contributed by atoms with E-state index in [1.807, 2.05) is 0 Å². The molecule has 0 aliphatic rings. The third-order valence-corrected chi connectivity index (χ3v) is 7.20. The number of ether oxygens (including phenoxy) is 6. The lowest BCUT2D eigenvalue weighted by Crippen LogP contribution is -2.66. The van der Waals surface area contributed by atoms with E-state index in [4.69, 9.17) is 28.4 Å². The summed E-state index contributed by atoms with van der Waals surface area (Å²) in [7, 11) is 8.55. The van der Waals surface area contributed by atoms with Gasteiger partial charge in [0.25, 0.3) is 0 Å². The first-order valence-corrected chi connectivity index (χ1v) is 13.2. The number of aliphatic hydroxyl groups excluding tert-OH is 4. The molecule has 0 spiro atoms. The SMILES string of the molecule is C/C=C/CC(O)(Cc1cc(OC)c(OC)c(OC)c1)[C@@H](O)[C@@](O)(Cc1cc(OC)c(OC)c(OC)c1)[C@H](O)[C@@H](O)CO. The van der Waals surface area contributed by atoms with E-state index < -0.39 is 42.5 Å². The van der Waals surface area contributed by atoms with E-state index >= 15 is 0 Å². The van der Waals surface area contributed by atoms with E-state index in [1.165, 1.54) is 54.8 Å². The van der Waals surface area contributed by atoms with Crippen molar-refractivity contribution in [3.63, 3.8) is 0 Å². The second kappa shape index (κ2) is 15.3. The van der Waals surface area contributed by atoms with Gasteiger partial charge in [-0.2, -0.15) is 0 Å². The quantitative estimate of drug-likeness (QED) is 0.143. The van der Waals surface area contributed by atoms with E-state index in [-0.39, 0.29) is 30.1 Å². The van der Waals surface area contributed by atoms with Crippen LogP contribution in [0.2, 0.25) is 0 Å². The normalized spacial score (nSPS) is 16.6. The summed E-state index contributed by atoms with van der Waals surface area (Å²) in [6.07, 6.45) is -3.73. The summed E-state index contributed by atoms with van der Waals surface area (Å²) in [5, 5.41) is 67.0. The van der Waals surface area contributed by atoms with Gasteiger partial charge in [0, 0.05) is 12.8 Å². The lowest BCUT2D eigenvalue weighted by molar-refractivity contribution is -0.228. The highest BCUT2D eigenvalue weighted by molar-refractivity contribution is 5.55. The lowest BCUT2D eigenvalue weighted by atomic mass is 9.71. The first-order valence-electron chi connectivity index (χ1n) is 13.2.